The molecular weight excluding hydrogens is 356 g/mol. The van der Waals surface area contributed by atoms with Gasteiger partial charge in [0.15, 0.2) is 0 Å². The van der Waals surface area contributed by atoms with Gasteiger partial charge in [0.25, 0.3) is 15.9 Å². The topological polar surface area (TPSA) is 75.3 Å². The van der Waals surface area contributed by atoms with Crippen molar-refractivity contribution in [1.29, 1.82) is 0 Å². The fourth-order valence-corrected chi connectivity index (χ4v) is 3.62. The Kier molecular flexibility index (Phi) is 6.50. The van der Waals surface area contributed by atoms with Gasteiger partial charge in [0, 0.05) is 10.9 Å². The first-order valence-corrected chi connectivity index (χ1v) is 10.6. The lowest BCUT2D eigenvalue weighted by atomic mass is 10.1. The average molecular weight is 379 g/mol. The van der Waals surface area contributed by atoms with E-state index in [-0.39, 0.29) is 22.5 Å². The largest absolute Gasteiger partial charge is 0.350 e. The Morgan fingerprint density at radius 3 is 2.36 bits per heavy atom. The van der Waals surface area contributed by atoms with Crippen molar-refractivity contribution in [1.82, 2.24) is 5.32 Å². The van der Waals surface area contributed by atoms with Gasteiger partial charge in [-0.25, -0.2) is 8.42 Å². The number of amides is 1. The van der Waals surface area contributed by atoms with Gasteiger partial charge in [-0.1, -0.05) is 19.1 Å². The molecule has 0 fully saturated rings. The summed E-state index contributed by atoms with van der Waals surface area (Å²) >= 11 is 1.54. The summed E-state index contributed by atoms with van der Waals surface area (Å²) in [5.74, 6) is -0.301. The number of benzene rings is 2. The maximum atomic E-state index is 12.6. The molecule has 2 aromatic carbocycles. The van der Waals surface area contributed by atoms with Crippen LogP contribution in [0, 0.1) is 0 Å². The molecule has 7 heteroatoms. The second-order valence-corrected chi connectivity index (χ2v) is 8.17. The van der Waals surface area contributed by atoms with Crippen molar-refractivity contribution >= 4 is 33.4 Å². The van der Waals surface area contributed by atoms with E-state index in [1.165, 1.54) is 11.8 Å². The van der Waals surface area contributed by atoms with E-state index in [2.05, 4.69) is 10.0 Å². The van der Waals surface area contributed by atoms with Crippen LogP contribution in [0.25, 0.3) is 0 Å². The van der Waals surface area contributed by atoms with Crippen molar-refractivity contribution in [3.05, 3.63) is 54.1 Å². The Labute approximate surface area is 153 Å². The van der Waals surface area contributed by atoms with Crippen molar-refractivity contribution in [3.8, 4) is 0 Å². The summed E-state index contributed by atoms with van der Waals surface area (Å²) in [4.78, 5) is 13.5. The van der Waals surface area contributed by atoms with Crippen LogP contribution < -0.4 is 10.0 Å². The first-order chi connectivity index (χ1) is 11.9. The quantitative estimate of drug-likeness (QED) is 0.720. The second-order valence-electron chi connectivity index (χ2n) is 5.61. The molecule has 0 spiro atoms. The third-order valence-corrected chi connectivity index (χ3v) is 5.90. The van der Waals surface area contributed by atoms with Gasteiger partial charge in [0.2, 0.25) is 0 Å². The summed E-state index contributed by atoms with van der Waals surface area (Å²) in [6.45, 7) is 3.87. The smallest absolute Gasteiger partial charge is 0.261 e. The van der Waals surface area contributed by atoms with Gasteiger partial charge >= 0.3 is 0 Å². The van der Waals surface area contributed by atoms with E-state index in [0.717, 1.165) is 11.3 Å². The maximum Gasteiger partial charge on any atom is 0.261 e. The lowest BCUT2D eigenvalue weighted by molar-refractivity contribution is 0.0940. The molecule has 2 N–H and O–H groups in total. The fourth-order valence-electron chi connectivity index (χ4n) is 2.13. The summed E-state index contributed by atoms with van der Waals surface area (Å²) in [6, 6.07) is 13.2. The molecule has 0 saturated carbocycles. The minimum absolute atomic E-state index is 0.0104. The molecule has 134 valence electrons. The van der Waals surface area contributed by atoms with E-state index in [9.17, 15) is 13.2 Å². The minimum atomic E-state index is -3.77. The fraction of sp³-hybridized carbons (Fsp3) is 0.278. The highest BCUT2D eigenvalue weighted by molar-refractivity contribution is 7.98. The summed E-state index contributed by atoms with van der Waals surface area (Å²) in [5.41, 5.74) is 0.560. The first kappa shape index (κ1) is 19.3. The number of carbonyl (C=O) groups is 1. The van der Waals surface area contributed by atoms with Gasteiger partial charge in [-0.2, -0.15) is 0 Å². The van der Waals surface area contributed by atoms with E-state index >= 15 is 0 Å². The van der Waals surface area contributed by atoms with Crippen LogP contribution in [0.2, 0.25) is 0 Å². The number of carbonyl (C=O) groups excluding carboxylic acids is 1. The van der Waals surface area contributed by atoms with Gasteiger partial charge in [-0.15, -0.1) is 11.8 Å². The molecule has 0 bridgehead atoms. The zero-order valence-electron chi connectivity index (χ0n) is 14.4. The predicted molar refractivity (Wildman–Crippen MR) is 103 cm³/mol. The van der Waals surface area contributed by atoms with E-state index in [1.807, 2.05) is 20.1 Å². The third-order valence-electron chi connectivity index (χ3n) is 3.78. The van der Waals surface area contributed by atoms with Crippen molar-refractivity contribution in [2.24, 2.45) is 0 Å². The molecule has 1 atom stereocenters. The molecular formula is C18H22N2O3S2. The van der Waals surface area contributed by atoms with Gasteiger partial charge in [-0.3, -0.25) is 9.52 Å². The van der Waals surface area contributed by atoms with Crippen LogP contribution in [0.15, 0.2) is 58.3 Å². The molecule has 25 heavy (non-hydrogen) atoms. The van der Waals surface area contributed by atoms with Crippen LogP contribution in [0.1, 0.15) is 30.6 Å². The van der Waals surface area contributed by atoms with Gasteiger partial charge in [0.05, 0.1) is 16.1 Å². The van der Waals surface area contributed by atoms with E-state index in [4.69, 9.17) is 0 Å². The summed E-state index contributed by atoms with van der Waals surface area (Å²) in [6.07, 6.45) is 2.72. The average Bonchev–Trinajstić information content (AvgIpc) is 2.61. The number of hydrogen-bond acceptors (Lipinski definition) is 4. The van der Waals surface area contributed by atoms with E-state index in [1.54, 1.807) is 48.5 Å². The molecule has 0 aromatic heterocycles. The zero-order valence-corrected chi connectivity index (χ0v) is 16.1. The van der Waals surface area contributed by atoms with Crippen LogP contribution in [0.3, 0.4) is 0 Å². The molecule has 1 amide bonds. The zero-order chi connectivity index (χ0) is 18.4. The molecule has 0 aliphatic carbocycles. The third kappa shape index (κ3) is 4.99. The van der Waals surface area contributed by atoms with E-state index < -0.39 is 10.0 Å². The van der Waals surface area contributed by atoms with Crippen molar-refractivity contribution in [3.63, 3.8) is 0 Å². The minimum Gasteiger partial charge on any atom is -0.350 e. The monoisotopic (exact) mass is 378 g/mol. The number of hydrogen-bond donors (Lipinski definition) is 2. The predicted octanol–water partition coefficient (Wildman–Crippen LogP) is 3.74. The molecule has 0 aliphatic heterocycles. The van der Waals surface area contributed by atoms with Gasteiger partial charge in [-0.05, 0) is 56.0 Å². The molecule has 0 saturated heterocycles. The molecule has 0 aliphatic rings. The number of para-hydroxylation sites is 1. The highest BCUT2D eigenvalue weighted by Gasteiger charge is 2.19. The number of rotatable bonds is 7. The first-order valence-electron chi connectivity index (χ1n) is 7.94. The number of thioether (sulfide) groups is 1. The maximum absolute atomic E-state index is 12.6. The van der Waals surface area contributed by atoms with Crippen LogP contribution in [-0.2, 0) is 10.0 Å². The highest BCUT2D eigenvalue weighted by Crippen LogP contribution is 2.22. The SMILES string of the molecule is CCC(C)NC(=O)c1ccccc1NS(=O)(=O)c1ccc(SC)cc1. The molecule has 2 aromatic rings. The Bertz CT molecular complexity index is 834. The molecule has 2 rings (SSSR count). The van der Waals surface area contributed by atoms with Gasteiger partial charge < -0.3 is 5.32 Å². The lowest BCUT2D eigenvalue weighted by Gasteiger charge is -2.15. The van der Waals surface area contributed by atoms with Crippen LogP contribution in [0.4, 0.5) is 5.69 Å². The number of sulfonamides is 1. The molecule has 5 nitrogen and oxygen atoms in total. The Morgan fingerprint density at radius 2 is 1.76 bits per heavy atom. The van der Waals surface area contributed by atoms with Crippen LogP contribution >= 0.6 is 11.8 Å². The summed E-state index contributed by atoms with van der Waals surface area (Å²) < 4.78 is 27.7. The normalized spacial score (nSPS) is 12.4. The van der Waals surface area contributed by atoms with E-state index in [0.29, 0.717) is 5.56 Å². The Hall–Kier alpha value is -1.99. The highest BCUT2D eigenvalue weighted by atomic mass is 32.2. The van der Waals surface area contributed by atoms with Crippen molar-refractivity contribution < 1.29 is 13.2 Å². The number of anilines is 1. The Balaban J connectivity index is 2.28. The molecule has 0 heterocycles. The van der Waals surface area contributed by atoms with Crippen molar-refractivity contribution in [2.45, 2.75) is 36.1 Å². The summed E-state index contributed by atoms with van der Waals surface area (Å²) in [5, 5.41) is 2.85. The molecule has 0 radical (unpaired) electrons. The molecule has 1 unspecified atom stereocenters. The second kappa shape index (κ2) is 8.40. The summed E-state index contributed by atoms with van der Waals surface area (Å²) in [7, 11) is -3.77. The standard InChI is InChI=1S/C18H22N2O3S2/c1-4-13(2)19-18(21)16-7-5-6-8-17(16)20-25(22,23)15-11-9-14(24-3)10-12-15/h5-13,20H,4H2,1-3H3,(H,19,21). The number of nitrogens with one attached hydrogen (secondary N) is 2. The Morgan fingerprint density at radius 1 is 1.12 bits per heavy atom. The van der Waals surface area contributed by atoms with Crippen LogP contribution in [0.5, 0.6) is 0 Å². The lowest BCUT2D eigenvalue weighted by Crippen LogP contribution is -2.32. The van der Waals surface area contributed by atoms with Gasteiger partial charge in [0.1, 0.15) is 0 Å². The van der Waals surface area contributed by atoms with Crippen molar-refractivity contribution in [2.75, 3.05) is 11.0 Å². The van der Waals surface area contributed by atoms with Crippen LogP contribution in [-0.4, -0.2) is 26.6 Å².